The number of aromatic nitrogens is 1. The van der Waals surface area contributed by atoms with E-state index < -0.39 is 0 Å². The van der Waals surface area contributed by atoms with Gasteiger partial charge in [-0.2, -0.15) is 0 Å². The minimum atomic E-state index is -0.291. The van der Waals surface area contributed by atoms with Crippen LogP contribution in [-0.4, -0.2) is 55.9 Å². The Labute approximate surface area is 223 Å². The predicted octanol–water partition coefficient (Wildman–Crippen LogP) is 5.47. The molecule has 5 rings (SSSR count). The van der Waals surface area contributed by atoms with Crippen molar-refractivity contribution in [1.82, 2.24) is 15.4 Å². The summed E-state index contributed by atoms with van der Waals surface area (Å²) in [5.41, 5.74) is 2.40. The molecule has 2 aliphatic rings. The molecule has 204 valence electrons. The molecule has 38 heavy (non-hydrogen) atoms. The van der Waals surface area contributed by atoms with E-state index in [-0.39, 0.29) is 17.8 Å². The Morgan fingerprint density at radius 2 is 1.74 bits per heavy atom. The standard InChI is InChI=1S/C30H38FN3O4/c1-36-25-15-21(16-26(19-25)37-2)17-29(35)32-24-6-3-20(4-7-24)9-12-34-13-10-22(11-14-34)30-27-8-5-23(31)18-28(27)38-33-30/h5,8,15-16,18-20,22,24H,3-4,6-7,9-14,17H2,1-2H3,(H,32,35). The monoisotopic (exact) mass is 523 g/mol. The van der Waals surface area contributed by atoms with Crippen LogP contribution in [0.4, 0.5) is 4.39 Å². The Hall–Kier alpha value is -3.13. The molecule has 1 amide bonds. The molecule has 1 saturated heterocycles. The molecule has 2 aromatic carbocycles. The molecular weight excluding hydrogens is 485 g/mol. The van der Waals surface area contributed by atoms with Crippen LogP contribution >= 0.6 is 0 Å². The van der Waals surface area contributed by atoms with Gasteiger partial charge in [-0.3, -0.25) is 4.79 Å². The number of hydrogen-bond donors (Lipinski definition) is 1. The van der Waals surface area contributed by atoms with Crippen molar-refractivity contribution < 1.29 is 23.2 Å². The van der Waals surface area contributed by atoms with Gasteiger partial charge < -0.3 is 24.2 Å². The van der Waals surface area contributed by atoms with Crippen LogP contribution in [0.1, 0.15) is 62.1 Å². The maximum atomic E-state index is 13.5. The van der Waals surface area contributed by atoms with E-state index >= 15 is 0 Å². The number of nitrogens with zero attached hydrogens (tertiary/aromatic N) is 2. The molecule has 1 aliphatic carbocycles. The van der Waals surface area contributed by atoms with Crippen LogP contribution < -0.4 is 14.8 Å². The maximum Gasteiger partial charge on any atom is 0.224 e. The molecular formula is C30H38FN3O4. The van der Waals surface area contributed by atoms with Gasteiger partial charge >= 0.3 is 0 Å². The molecule has 3 aromatic rings. The highest BCUT2D eigenvalue weighted by Crippen LogP contribution is 2.34. The molecule has 0 radical (unpaired) electrons. The number of piperidine rings is 1. The fraction of sp³-hybridized carbons (Fsp3) is 0.533. The van der Waals surface area contributed by atoms with Crippen LogP contribution in [0.5, 0.6) is 11.5 Å². The number of nitrogens with one attached hydrogen (secondary N) is 1. The summed E-state index contributed by atoms with van der Waals surface area (Å²) in [6.07, 6.45) is 8.05. The minimum Gasteiger partial charge on any atom is -0.497 e. The Balaban J connectivity index is 1.01. The van der Waals surface area contributed by atoms with Crippen molar-refractivity contribution in [1.29, 1.82) is 0 Å². The van der Waals surface area contributed by atoms with E-state index in [1.807, 2.05) is 18.2 Å². The number of hydrogen-bond acceptors (Lipinski definition) is 6. The Morgan fingerprint density at radius 1 is 1.03 bits per heavy atom. The van der Waals surface area contributed by atoms with Crippen molar-refractivity contribution in [2.75, 3.05) is 33.9 Å². The van der Waals surface area contributed by atoms with Gasteiger partial charge in [0.15, 0.2) is 5.58 Å². The van der Waals surface area contributed by atoms with Crippen LogP contribution in [0.15, 0.2) is 40.9 Å². The topological polar surface area (TPSA) is 76.8 Å². The number of halogens is 1. The van der Waals surface area contributed by atoms with Crippen LogP contribution in [0.2, 0.25) is 0 Å². The summed E-state index contributed by atoms with van der Waals surface area (Å²) in [7, 11) is 3.23. The lowest BCUT2D eigenvalue weighted by molar-refractivity contribution is -0.121. The number of carbonyl (C=O) groups is 1. The first-order chi connectivity index (χ1) is 18.5. The zero-order valence-corrected chi connectivity index (χ0v) is 22.4. The van der Waals surface area contributed by atoms with E-state index in [0.29, 0.717) is 29.4 Å². The second kappa shape index (κ2) is 12.2. The summed E-state index contributed by atoms with van der Waals surface area (Å²) < 4.78 is 29.5. The third-order valence-corrected chi connectivity index (χ3v) is 8.28. The number of benzene rings is 2. The minimum absolute atomic E-state index is 0.0525. The Kier molecular flexibility index (Phi) is 8.47. The van der Waals surface area contributed by atoms with Gasteiger partial charge in [0.1, 0.15) is 17.3 Å². The lowest BCUT2D eigenvalue weighted by atomic mass is 9.83. The SMILES string of the molecule is COc1cc(CC(=O)NC2CCC(CCN3CCC(c4noc5cc(F)ccc45)CC3)CC2)cc(OC)c1. The van der Waals surface area contributed by atoms with Crippen LogP contribution in [0.3, 0.4) is 0 Å². The summed E-state index contributed by atoms with van der Waals surface area (Å²) in [5, 5.41) is 8.45. The third-order valence-electron chi connectivity index (χ3n) is 8.28. The third kappa shape index (κ3) is 6.46. The zero-order valence-electron chi connectivity index (χ0n) is 22.4. The summed E-state index contributed by atoms with van der Waals surface area (Å²) >= 11 is 0. The number of fused-ring (bicyclic) bond motifs is 1. The molecule has 2 fully saturated rings. The van der Waals surface area contributed by atoms with Crippen molar-refractivity contribution in [3.05, 3.63) is 53.5 Å². The number of ether oxygens (including phenoxy) is 2. The first-order valence-corrected chi connectivity index (χ1v) is 13.8. The maximum absolute atomic E-state index is 13.5. The molecule has 1 N–H and O–H groups in total. The highest BCUT2D eigenvalue weighted by Gasteiger charge is 2.27. The van der Waals surface area contributed by atoms with E-state index in [2.05, 4.69) is 15.4 Å². The molecule has 7 nitrogen and oxygen atoms in total. The summed E-state index contributed by atoms with van der Waals surface area (Å²) in [6.45, 7) is 3.23. The molecule has 0 spiro atoms. The molecule has 1 saturated carbocycles. The van der Waals surface area contributed by atoms with Crippen molar-refractivity contribution in [2.45, 2.75) is 63.3 Å². The first kappa shape index (κ1) is 26.5. The van der Waals surface area contributed by atoms with Crippen molar-refractivity contribution >= 4 is 16.9 Å². The summed E-state index contributed by atoms with van der Waals surface area (Å²) in [6, 6.07) is 10.5. The van der Waals surface area contributed by atoms with Gasteiger partial charge in [0, 0.05) is 29.5 Å². The highest BCUT2D eigenvalue weighted by molar-refractivity contribution is 5.80. The molecule has 0 unspecified atom stereocenters. The molecule has 1 aliphatic heterocycles. The number of likely N-dealkylation sites (tertiary alicyclic amines) is 1. The van der Waals surface area contributed by atoms with Gasteiger partial charge in [0.25, 0.3) is 0 Å². The van der Waals surface area contributed by atoms with Crippen molar-refractivity contribution in [3.63, 3.8) is 0 Å². The van der Waals surface area contributed by atoms with E-state index in [9.17, 15) is 9.18 Å². The fourth-order valence-corrected chi connectivity index (χ4v) is 6.05. The smallest absolute Gasteiger partial charge is 0.224 e. The number of rotatable bonds is 9. The van der Waals surface area contributed by atoms with Gasteiger partial charge in [-0.05, 0) is 100 Å². The highest BCUT2D eigenvalue weighted by atomic mass is 19.1. The second-order valence-electron chi connectivity index (χ2n) is 10.8. The van der Waals surface area contributed by atoms with E-state index in [1.54, 1.807) is 20.3 Å². The summed E-state index contributed by atoms with van der Waals surface area (Å²) in [4.78, 5) is 15.2. The summed E-state index contributed by atoms with van der Waals surface area (Å²) in [5.74, 6) is 2.24. The van der Waals surface area contributed by atoms with Crippen LogP contribution in [0, 0.1) is 11.7 Å². The number of methoxy groups -OCH3 is 2. The van der Waals surface area contributed by atoms with Crippen LogP contribution in [-0.2, 0) is 11.2 Å². The Bertz CT molecular complexity index is 1210. The van der Waals surface area contributed by atoms with Crippen molar-refractivity contribution in [2.24, 2.45) is 5.92 Å². The molecule has 8 heteroatoms. The average molecular weight is 524 g/mol. The van der Waals surface area contributed by atoms with Crippen molar-refractivity contribution in [3.8, 4) is 11.5 Å². The zero-order chi connectivity index (χ0) is 26.5. The van der Waals surface area contributed by atoms with E-state index in [4.69, 9.17) is 14.0 Å². The molecule has 0 atom stereocenters. The van der Waals surface area contributed by atoms with Gasteiger partial charge in [-0.15, -0.1) is 0 Å². The van der Waals surface area contributed by atoms with Crippen LogP contribution in [0.25, 0.3) is 11.0 Å². The normalized spacial score (nSPS) is 20.9. The largest absolute Gasteiger partial charge is 0.497 e. The molecule has 2 heterocycles. The lowest BCUT2D eigenvalue weighted by Gasteiger charge is -2.34. The number of carbonyl (C=O) groups excluding carboxylic acids is 1. The molecule has 1 aromatic heterocycles. The van der Waals surface area contributed by atoms with Gasteiger partial charge in [0.05, 0.1) is 26.3 Å². The predicted molar refractivity (Wildman–Crippen MR) is 144 cm³/mol. The average Bonchev–Trinajstić information content (AvgIpc) is 3.35. The second-order valence-corrected chi connectivity index (χ2v) is 10.8. The van der Waals surface area contributed by atoms with Gasteiger partial charge in [-0.25, -0.2) is 4.39 Å². The molecule has 0 bridgehead atoms. The Morgan fingerprint density at radius 3 is 2.42 bits per heavy atom. The lowest BCUT2D eigenvalue weighted by Crippen LogP contribution is -2.39. The van der Waals surface area contributed by atoms with E-state index in [0.717, 1.165) is 80.7 Å². The number of amides is 1. The quantitative estimate of drug-likeness (QED) is 0.401. The van der Waals surface area contributed by atoms with E-state index in [1.165, 1.54) is 18.6 Å². The van der Waals surface area contributed by atoms with Gasteiger partial charge in [0.2, 0.25) is 5.91 Å². The fourth-order valence-electron chi connectivity index (χ4n) is 6.05. The first-order valence-electron chi connectivity index (χ1n) is 13.8. The van der Waals surface area contributed by atoms with Gasteiger partial charge in [-0.1, -0.05) is 5.16 Å².